The van der Waals surface area contributed by atoms with E-state index in [1.54, 1.807) is 24.3 Å². The van der Waals surface area contributed by atoms with Gasteiger partial charge in [0, 0.05) is 24.6 Å². The van der Waals surface area contributed by atoms with Crippen LogP contribution in [0.4, 0.5) is 0 Å². The number of hydrogen-bond acceptors (Lipinski definition) is 8. The highest BCUT2D eigenvalue weighted by molar-refractivity contribution is 7.12. The van der Waals surface area contributed by atoms with Crippen molar-refractivity contribution < 1.29 is 24.2 Å². The largest absolute Gasteiger partial charge is 0.494 e. The van der Waals surface area contributed by atoms with Crippen molar-refractivity contribution in [2.24, 2.45) is 17.8 Å². The van der Waals surface area contributed by atoms with Crippen molar-refractivity contribution in [1.82, 2.24) is 4.90 Å². The number of rotatable bonds is 12. The fraction of sp³-hybridized carbons (Fsp3) is 0.448. The van der Waals surface area contributed by atoms with Crippen LogP contribution < -0.4 is 4.74 Å². The molecule has 2 aliphatic rings. The lowest BCUT2D eigenvalue weighted by Crippen LogP contribution is -2.40. The molecule has 0 spiro atoms. The molecular weight excluding hydrogens is 506 g/mol. The first kappa shape index (κ1) is 26.1. The van der Waals surface area contributed by atoms with Crippen molar-refractivity contribution in [2.75, 3.05) is 26.7 Å². The third-order valence-corrected chi connectivity index (χ3v) is 9.80. The zero-order chi connectivity index (χ0) is 25.8. The summed E-state index contributed by atoms with van der Waals surface area (Å²) in [6.07, 6.45) is 4.71. The smallest absolute Gasteiger partial charge is 0.349 e. The van der Waals surface area contributed by atoms with Crippen LogP contribution in [-0.4, -0.2) is 55.1 Å². The maximum Gasteiger partial charge on any atom is 0.349 e. The average Bonchev–Trinajstić information content (AvgIpc) is 3.73. The molecule has 2 saturated carbocycles. The first-order valence-corrected chi connectivity index (χ1v) is 14.6. The minimum atomic E-state index is -1.75. The summed E-state index contributed by atoms with van der Waals surface area (Å²) in [5, 5.41) is 15.3. The van der Waals surface area contributed by atoms with E-state index in [-0.39, 0.29) is 6.10 Å². The molecule has 0 saturated heterocycles. The average molecular weight is 540 g/mol. The summed E-state index contributed by atoms with van der Waals surface area (Å²) in [4.78, 5) is 27.8. The fourth-order valence-electron chi connectivity index (χ4n) is 5.96. The number of carbonyl (C=O) groups excluding carboxylic acids is 2. The minimum absolute atomic E-state index is 0.145. The number of thiophene rings is 2. The molecule has 2 aromatic heterocycles. The van der Waals surface area contributed by atoms with Gasteiger partial charge in [-0.05, 0) is 91.7 Å². The van der Waals surface area contributed by atoms with Crippen LogP contribution in [0.3, 0.4) is 0 Å². The van der Waals surface area contributed by atoms with Crippen LogP contribution >= 0.6 is 22.7 Å². The number of aldehydes is 1. The van der Waals surface area contributed by atoms with Gasteiger partial charge in [0.1, 0.15) is 18.1 Å². The molecule has 5 rings (SSSR count). The van der Waals surface area contributed by atoms with Crippen LogP contribution in [0.5, 0.6) is 5.75 Å². The Bertz CT molecular complexity index is 1130. The summed E-state index contributed by atoms with van der Waals surface area (Å²) >= 11 is 2.75. The van der Waals surface area contributed by atoms with E-state index >= 15 is 0 Å². The molecule has 6 nitrogen and oxygen atoms in total. The Balaban J connectivity index is 1.13. The monoisotopic (exact) mass is 539 g/mol. The normalized spacial score (nSPS) is 22.9. The second kappa shape index (κ2) is 11.5. The Hall–Kier alpha value is -2.52. The molecule has 2 fully saturated rings. The number of hydrogen-bond donors (Lipinski definition) is 1. The van der Waals surface area contributed by atoms with E-state index in [0.29, 0.717) is 39.7 Å². The number of ether oxygens (including phenoxy) is 2. The van der Waals surface area contributed by atoms with Crippen LogP contribution in [-0.2, 0) is 15.1 Å². The molecule has 0 amide bonds. The van der Waals surface area contributed by atoms with E-state index in [1.807, 2.05) is 35.0 Å². The Morgan fingerprint density at radius 3 is 2.43 bits per heavy atom. The summed E-state index contributed by atoms with van der Waals surface area (Å²) in [5.74, 6) is 1.60. The summed E-state index contributed by atoms with van der Waals surface area (Å²) in [6.45, 7) is 2.51. The van der Waals surface area contributed by atoms with E-state index in [4.69, 9.17) is 9.47 Å². The molecule has 1 N–H and O–H groups in total. The number of fused-ring (bicyclic) bond motifs is 2. The second-order valence-corrected chi connectivity index (χ2v) is 12.1. The predicted molar refractivity (Wildman–Crippen MR) is 145 cm³/mol. The molecular formula is C29H33NO5S2. The fourth-order valence-corrected chi connectivity index (χ4v) is 7.68. The highest BCUT2D eigenvalue weighted by Gasteiger charge is 2.52. The number of carbonyl (C=O) groups is 2. The number of nitrogens with zero attached hydrogens (tertiary/aromatic N) is 1. The number of benzene rings is 1. The highest BCUT2D eigenvalue weighted by atomic mass is 32.1. The van der Waals surface area contributed by atoms with E-state index in [9.17, 15) is 14.7 Å². The first-order valence-electron chi connectivity index (χ1n) is 12.9. The molecule has 0 aliphatic heterocycles. The highest BCUT2D eigenvalue weighted by Crippen LogP contribution is 2.51. The molecule has 2 heterocycles. The SMILES string of the molecule is CN(CCCOc1ccc(C=O)cc1)CC1C2CCC1C(OC(=O)C(O)(c1cccs1)c1cccs1)C2. The first-order chi connectivity index (χ1) is 18.0. The Kier molecular flexibility index (Phi) is 8.09. The standard InChI is InChI=1S/C29H33NO5S2/c1-30(13-4-14-34-22-10-7-20(19-31)8-11-22)18-24-21-9-12-23(24)25(17-21)35-28(32)29(33,26-5-2-15-36-26)27-6-3-16-37-27/h2-3,5-8,10-11,15-16,19,21,23-25,33H,4,9,12-14,17-18H2,1H3. The predicted octanol–water partition coefficient (Wildman–Crippen LogP) is 5.22. The summed E-state index contributed by atoms with van der Waals surface area (Å²) in [7, 11) is 2.14. The molecule has 3 aromatic rings. The Morgan fingerprint density at radius 1 is 1.11 bits per heavy atom. The van der Waals surface area contributed by atoms with E-state index in [0.717, 1.165) is 44.4 Å². The number of aliphatic hydroxyl groups is 1. The molecule has 196 valence electrons. The summed E-state index contributed by atoms with van der Waals surface area (Å²) in [5.41, 5.74) is -1.10. The van der Waals surface area contributed by atoms with Crippen molar-refractivity contribution in [1.29, 1.82) is 0 Å². The van der Waals surface area contributed by atoms with E-state index in [1.165, 1.54) is 29.1 Å². The van der Waals surface area contributed by atoms with Gasteiger partial charge in [-0.2, -0.15) is 0 Å². The van der Waals surface area contributed by atoms with E-state index in [2.05, 4.69) is 11.9 Å². The third-order valence-electron chi connectivity index (χ3n) is 7.84. The quantitative estimate of drug-likeness (QED) is 0.193. The van der Waals surface area contributed by atoms with Crippen molar-refractivity contribution >= 4 is 34.9 Å². The van der Waals surface area contributed by atoms with Crippen molar-refractivity contribution in [3.8, 4) is 5.75 Å². The van der Waals surface area contributed by atoms with Gasteiger partial charge in [-0.15, -0.1) is 22.7 Å². The lowest BCUT2D eigenvalue weighted by Gasteiger charge is -2.29. The van der Waals surface area contributed by atoms with Gasteiger partial charge < -0.3 is 19.5 Å². The van der Waals surface area contributed by atoms with Crippen molar-refractivity contribution in [3.63, 3.8) is 0 Å². The Morgan fingerprint density at radius 2 is 1.81 bits per heavy atom. The van der Waals surface area contributed by atoms with Gasteiger partial charge in [0.15, 0.2) is 0 Å². The maximum absolute atomic E-state index is 13.4. The van der Waals surface area contributed by atoms with Gasteiger partial charge in [-0.3, -0.25) is 4.79 Å². The van der Waals surface area contributed by atoms with Gasteiger partial charge in [0.2, 0.25) is 5.60 Å². The van der Waals surface area contributed by atoms with Crippen LogP contribution in [0.15, 0.2) is 59.3 Å². The summed E-state index contributed by atoms with van der Waals surface area (Å²) < 4.78 is 11.9. The van der Waals surface area contributed by atoms with Crippen molar-refractivity contribution in [3.05, 3.63) is 74.6 Å². The molecule has 37 heavy (non-hydrogen) atoms. The van der Waals surface area contributed by atoms with Crippen LogP contribution in [0, 0.1) is 17.8 Å². The van der Waals surface area contributed by atoms with Crippen LogP contribution in [0.25, 0.3) is 0 Å². The van der Waals surface area contributed by atoms with Gasteiger partial charge in [-0.1, -0.05) is 12.1 Å². The topological polar surface area (TPSA) is 76.1 Å². The lowest BCUT2D eigenvalue weighted by atomic mass is 9.95. The molecule has 2 bridgehead atoms. The molecule has 4 atom stereocenters. The molecule has 2 aliphatic carbocycles. The van der Waals surface area contributed by atoms with Gasteiger partial charge in [-0.25, -0.2) is 4.79 Å². The van der Waals surface area contributed by atoms with Gasteiger partial charge >= 0.3 is 5.97 Å². The lowest BCUT2D eigenvalue weighted by molar-refractivity contribution is -0.170. The van der Waals surface area contributed by atoms with Crippen molar-refractivity contribution in [2.45, 2.75) is 37.4 Å². The molecule has 8 heteroatoms. The number of esters is 1. The summed E-state index contributed by atoms with van der Waals surface area (Å²) in [6, 6.07) is 14.5. The van der Waals surface area contributed by atoms with Crippen LogP contribution in [0.2, 0.25) is 0 Å². The maximum atomic E-state index is 13.4. The van der Waals surface area contributed by atoms with Crippen LogP contribution in [0.1, 0.15) is 45.8 Å². The second-order valence-electron chi connectivity index (χ2n) is 10.2. The van der Waals surface area contributed by atoms with Gasteiger partial charge in [0.25, 0.3) is 0 Å². The third kappa shape index (κ3) is 5.53. The minimum Gasteiger partial charge on any atom is -0.494 e. The zero-order valence-corrected chi connectivity index (χ0v) is 22.6. The Labute approximate surface area is 225 Å². The van der Waals surface area contributed by atoms with E-state index < -0.39 is 11.6 Å². The molecule has 4 unspecified atom stereocenters. The van der Waals surface area contributed by atoms with Gasteiger partial charge in [0.05, 0.1) is 16.4 Å². The molecule has 0 radical (unpaired) electrons. The zero-order valence-electron chi connectivity index (χ0n) is 21.0. The molecule has 1 aromatic carbocycles.